The van der Waals surface area contributed by atoms with Crippen molar-refractivity contribution >= 4 is 11.5 Å². The number of nitrogens with zero attached hydrogens (tertiary/aromatic N) is 4. The molecule has 3 rings (SSSR count). The van der Waals surface area contributed by atoms with E-state index in [2.05, 4.69) is 27.0 Å². The van der Waals surface area contributed by atoms with E-state index >= 15 is 0 Å². The van der Waals surface area contributed by atoms with Crippen molar-refractivity contribution in [3.05, 3.63) is 22.9 Å². The molecule has 2 aromatic heterocycles. The first-order valence-corrected chi connectivity index (χ1v) is 6.08. The smallest absolute Gasteiger partial charge is 0.348 e. The molecule has 3 N–H and O–H groups in total. The second-order valence-electron chi connectivity index (χ2n) is 4.97. The summed E-state index contributed by atoms with van der Waals surface area (Å²) in [6, 6.07) is 1.80. The molecule has 96 valence electrons. The molecule has 0 saturated carbocycles. The van der Waals surface area contributed by atoms with Crippen molar-refractivity contribution in [2.24, 2.45) is 5.73 Å². The van der Waals surface area contributed by atoms with Gasteiger partial charge in [0, 0.05) is 19.2 Å². The zero-order valence-corrected chi connectivity index (χ0v) is 10.3. The molecule has 0 amide bonds. The predicted molar refractivity (Wildman–Crippen MR) is 67.6 cm³/mol. The summed E-state index contributed by atoms with van der Waals surface area (Å²) in [5, 5.41) is 6.31. The zero-order chi connectivity index (χ0) is 12.8. The Morgan fingerprint density at radius 1 is 1.56 bits per heavy atom. The van der Waals surface area contributed by atoms with Crippen LogP contribution in [0.5, 0.6) is 0 Å². The van der Waals surface area contributed by atoms with Crippen molar-refractivity contribution in [1.29, 1.82) is 0 Å². The zero-order valence-electron chi connectivity index (χ0n) is 10.3. The molecule has 7 nitrogen and oxygen atoms in total. The van der Waals surface area contributed by atoms with E-state index in [4.69, 9.17) is 5.73 Å². The lowest BCUT2D eigenvalue weighted by Gasteiger charge is -2.48. The van der Waals surface area contributed by atoms with Gasteiger partial charge in [0.1, 0.15) is 12.1 Å². The van der Waals surface area contributed by atoms with Crippen LogP contribution >= 0.6 is 0 Å². The minimum absolute atomic E-state index is 0.0895. The first kappa shape index (κ1) is 11.2. The third-order valence-electron chi connectivity index (χ3n) is 3.38. The molecule has 0 spiro atoms. The molecular formula is C11H16N6O. The Hall–Kier alpha value is -1.89. The lowest BCUT2D eigenvalue weighted by atomic mass is 9.86. The average Bonchev–Trinajstić information content (AvgIpc) is 2.68. The summed E-state index contributed by atoms with van der Waals surface area (Å²) in [6.45, 7) is 3.75. The molecule has 7 heteroatoms. The van der Waals surface area contributed by atoms with Crippen LogP contribution in [0.15, 0.2) is 17.2 Å². The maximum atomic E-state index is 11.3. The second-order valence-corrected chi connectivity index (χ2v) is 4.97. The quantitative estimate of drug-likeness (QED) is 0.780. The molecule has 0 aromatic carbocycles. The van der Waals surface area contributed by atoms with E-state index in [1.165, 1.54) is 10.7 Å². The van der Waals surface area contributed by atoms with Crippen LogP contribution in [-0.2, 0) is 0 Å². The predicted octanol–water partition coefficient (Wildman–Crippen LogP) is -0.265. The van der Waals surface area contributed by atoms with Crippen molar-refractivity contribution in [3.63, 3.8) is 0 Å². The Morgan fingerprint density at radius 2 is 2.33 bits per heavy atom. The lowest BCUT2D eigenvalue weighted by Crippen LogP contribution is -2.67. The van der Waals surface area contributed by atoms with Crippen LogP contribution in [-0.4, -0.2) is 38.2 Å². The summed E-state index contributed by atoms with van der Waals surface area (Å²) < 4.78 is 1.38. The van der Waals surface area contributed by atoms with Gasteiger partial charge >= 0.3 is 5.69 Å². The lowest BCUT2D eigenvalue weighted by molar-refractivity contribution is 0.306. The van der Waals surface area contributed by atoms with Crippen molar-refractivity contribution in [1.82, 2.24) is 19.6 Å². The standard InChI is InChI=1S/C11H16N6O/c1-2-3-11(12)5-16(6-11)8-4-9-14-15-10(18)17(9)7-13-8/h4,7H,2-3,5-6,12H2,1H3,(H,15,18). The number of fused-ring (bicyclic) bond motifs is 1. The fraction of sp³-hybridized carbons (Fsp3) is 0.545. The van der Waals surface area contributed by atoms with Crippen LogP contribution in [0, 0.1) is 0 Å². The Labute approximate surface area is 104 Å². The summed E-state index contributed by atoms with van der Waals surface area (Å²) in [6.07, 6.45) is 3.60. The van der Waals surface area contributed by atoms with Crippen LogP contribution in [0.25, 0.3) is 5.65 Å². The van der Waals surface area contributed by atoms with Gasteiger partial charge in [-0.2, -0.15) is 5.10 Å². The van der Waals surface area contributed by atoms with E-state index in [0.717, 1.165) is 31.7 Å². The number of hydrogen-bond acceptors (Lipinski definition) is 5. The normalized spacial score (nSPS) is 18.0. The molecule has 18 heavy (non-hydrogen) atoms. The van der Waals surface area contributed by atoms with E-state index in [0.29, 0.717) is 5.65 Å². The molecule has 0 unspecified atom stereocenters. The second kappa shape index (κ2) is 3.81. The van der Waals surface area contributed by atoms with Gasteiger partial charge < -0.3 is 10.6 Å². The summed E-state index contributed by atoms with van der Waals surface area (Å²) in [5.41, 5.74) is 6.43. The van der Waals surface area contributed by atoms with E-state index < -0.39 is 0 Å². The van der Waals surface area contributed by atoms with Gasteiger partial charge in [0.25, 0.3) is 0 Å². The average molecular weight is 248 g/mol. The maximum Gasteiger partial charge on any atom is 0.348 e. The number of nitrogens with two attached hydrogens (primary N) is 1. The number of anilines is 1. The molecule has 0 radical (unpaired) electrons. The van der Waals surface area contributed by atoms with Crippen LogP contribution in [0.3, 0.4) is 0 Å². The fourth-order valence-corrected chi connectivity index (χ4v) is 2.50. The van der Waals surface area contributed by atoms with Gasteiger partial charge in [-0.3, -0.25) is 0 Å². The van der Waals surface area contributed by atoms with Crippen LogP contribution in [0.2, 0.25) is 0 Å². The fourth-order valence-electron chi connectivity index (χ4n) is 2.50. The number of aromatic nitrogens is 4. The van der Waals surface area contributed by atoms with Gasteiger partial charge in [0.15, 0.2) is 5.65 Å². The monoisotopic (exact) mass is 248 g/mol. The number of rotatable bonds is 3. The Morgan fingerprint density at radius 3 is 3.06 bits per heavy atom. The first-order valence-electron chi connectivity index (χ1n) is 6.08. The van der Waals surface area contributed by atoms with Crippen LogP contribution in [0.1, 0.15) is 19.8 Å². The first-order chi connectivity index (χ1) is 8.61. The number of H-pyrrole nitrogens is 1. The SMILES string of the molecule is CCCC1(N)CN(c2cc3n[nH]c(=O)n3cn2)C1. The molecule has 1 aliphatic rings. The molecule has 0 bridgehead atoms. The minimum Gasteiger partial charge on any atom is -0.353 e. The highest BCUT2D eigenvalue weighted by atomic mass is 16.1. The number of nitrogens with one attached hydrogen (secondary N) is 1. The summed E-state index contributed by atoms with van der Waals surface area (Å²) in [7, 11) is 0. The third kappa shape index (κ3) is 1.67. The highest BCUT2D eigenvalue weighted by Crippen LogP contribution is 2.27. The Bertz CT molecular complexity index is 624. The summed E-state index contributed by atoms with van der Waals surface area (Å²) in [4.78, 5) is 17.7. The highest BCUT2D eigenvalue weighted by molar-refractivity contribution is 5.52. The Balaban J connectivity index is 1.82. The van der Waals surface area contributed by atoms with Gasteiger partial charge in [-0.05, 0) is 6.42 Å². The molecule has 3 heterocycles. The summed E-state index contributed by atoms with van der Waals surface area (Å²) >= 11 is 0. The topological polar surface area (TPSA) is 92.3 Å². The van der Waals surface area contributed by atoms with Crippen molar-refractivity contribution < 1.29 is 0 Å². The van der Waals surface area contributed by atoms with Crippen molar-refractivity contribution in [2.75, 3.05) is 18.0 Å². The molecular weight excluding hydrogens is 232 g/mol. The molecule has 1 saturated heterocycles. The van der Waals surface area contributed by atoms with Crippen molar-refractivity contribution in [3.8, 4) is 0 Å². The van der Waals surface area contributed by atoms with Gasteiger partial charge in [-0.25, -0.2) is 19.3 Å². The van der Waals surface area contributed by atoms with Crippen LogP contribution in [0.4, 0.5) is 5.82 Å². The largest absolute Gasteiger partial charge is 0.353 e. The van der Waals surface area contributed by atoms with Gasteiger partial charge in [-0.1, -0.05) is 13.3 Å². The van der Waals surface area contributed by atoms with E-state index in [9.17, 15) is 4.79 Å². The molecule has 0 atom stereocenters. The highest BCUT2D eigenvalue weighted by Gasteiger charge is 2.39. The van der Waals surface area contributed by atoms with Gasteiger partial charge in [-0.15, -0.1) is 0 Å². The van der Waals surface area contributed by atoms with E-state index in [-0.39, 0.29) is 11.2 Å². The van der Waals surface area contributed by atoms with E-state index in [1.807, 2.05) is 0 Å². The maximum absolute atomic E-state index is 11.3. The van der Waals surface area contributed by atoms with Gasteiger partial charge in [0.05, 0.1) is 5.54 Å². The van der Waals surface area contributed by atoms with Crippen LogP contribution < -0.4 is 16.3 Å². The Kier molecular flexibility index (Phi) is 2.37. The minimum atomic E-state index is -0.271. The third-order valence-corrected chi connectivity index (χ3v) is 3.38. The molecule has 2 aromatic rings. The summed E-state index contributed by atoms with van der Waals surface area (Å²) in [5.74, 6) is 0.818. The molecule has 1 fully saturated rings. The van der Waals surface area contributed by atoms with Gasteiger partial charge in [0.2, 0.25) is 0 Å². The molecule has 0 aliphatic carbocycles. The number of aromatic amines is 1. The van der Waals surface area contributed by atoms with E-state index in [1.54, 1.807) is 6.07 Å². The molecule has 1 aliphatic heterocycles. The number of hydrogen-bond donors (Lipinski definition) is 2. The van der Waals surface area contributed by atoms with Crippen molar-refractivity contribution in [2.45, 2.75) is 25.3 Å².